The van der Waals surface area contributed by atoms with Gasteiger partial charge in [0.25, 0.3) is 5.91 Å². The van der Waals surface area contributed by atoms with E-state index in [1.165, 1.54) is 14.2 Å². The van der Waals surface area contributed by atoms with E-state index in [0.717, 1.165) is 18.7 Å². The van der Waals surface area contributed by atoms with Gasteiger partial charge in [-0.3, -0.25) is 10.3 Å². The summed E-state index contributed by atoms with van der Waals surface area (Å²) >= 11 is 0. The van der Waals surface area contributed by atoms with Crippen LogP contribution in [0.5, 0.6) is 0 Å². The molecule has 0 bridgehead atoms. The van der Waals surface area contributed by atoms with Crippen molar-refractivity contribution < 1.29 is 14.3 Å². The van der Waals surface area contributed by atoms with Crippen LogP contribution in [0.4, 0.5) is 4.79 Å². The summed E-state index contributed by atoms with van der Waals surface area (Å²) in [6.07, 6.45) is 3.53. The predicted molar refractivity (Wildman–Crippen MR) is 84.2 cm³/mol. The lowest BCUT2D eigenvalue weighted by molar-refractivity contribution is -0.184. The van der Waals surface area contributed by atoms with E-state index in [2.05, 4.69) is 20.9 Å². The molecular formula is C15H20N4O3. The van der Waals surface area contributed by atoms with Gasteiger partial charge in [-0.1, -0.05) is 30.3 Å². The molecule has 3 N–H and O–H groups in total. The molecule has 1 fully saturated rings. The first kappa shape index (κ1) is 16.0. The molecule has 7 nitrogen and oxygen atoms in total. The lowest BCUT2D eigenvalue weighted by Crippen LogP contribution is -2.45. The van der Waals surface area contributed by atoms with Crippen LogP contribution < -0.4 is 16.0 Å². The van der Waals surface area contributed by atoms with E-state index >= 15 is 0 Å². The SMILES string of the molecule is C1=NCCN1.COC1(OC)NC(=O)NC1=Cc1ccccc1. The van der Waals surface area contributed by atoms with E-state index in [0.29, 0.717) is 5.70 Å². The molecule has 1 aromatic carbocycles. The van der Waals surface area contributed by atoms with Gasteiger partial charge in [0.1, 0.15) is 5.70 Å². The van der Waals surface area contributed by atoms with Gasteiger partial charge in [0.15, 0.2) is 0 Å². The van der Waals surface area contributed by atoms with Gasteiger partial charge in [0.2, 0.25) is 0 Å². The number of benzene rings is 1. The van der Waals surface area contributed by atoms with Crippen LogP contribution in [-0.4, -0.2) is 45.6 Å². The molecular weight excluding hydrogens is 284 g/mol. The van der Waals surface area contributed by atoms with Crippen LogP contribution in [0.25, 0.3) is 6.08 Å². The quantitative estimate of drug-likeness (QED) is 0.725. The first-order valence-electron chi connectivity index (χ1n) is 6.88. The normalized spacial score (nSPS) is 19.9. The molecule has 0 saturated carbocycles. The van der Waals surface area contributed by atoms with Crippen LogP contribution in [0.2, 0.25) is 0 Å². The van der Waals surface area contributed by atoms with Crippen molar-refractivity contribution in [1.82, 2.24) is 16.0 Å². The number of urea groups is 1. The molecule has 0 spiro atoms. The van der Waals surface area contributed by atoms with Crippen molar-refractivity contribution in [3.8, 4) is 0 Å². The molecule has 0 aliphatic carbocycles. The van der Waals surface area contributed by atoms with Crippen molar-refractivity contribution in [2.24, 2.45) is 4.99 Å². The van der Waals surface area contributed by atoms with Crippen LogP contribution >= 0.6 is 0 Å². The molecule has 1 aromatic rings. The Labute approximate surface area is 129 Å². The summed E-state index contributed by atoms with van der Waals surface area (Å²) in [5, 5.41) is 8.16. The van der Waals surface area contributed by atoms with Crippen LogP contribution in [0.15, 0.2) is 41.0 Å². The largest absolute Gasteiger partial charge is 0.375 e. The number of carbonyl (C=O) groups excluding carboxylic acids is 1. The summed E-state index contributed by atoms with van der Waals surface area (Å²) < 4.78 is 10.4. The molecule has 1 saturated heterocycles. The molecule has 2 amide bonds. The van der Waals surface area contributed by atoms with Crippen LogP contribution in [0.1, 0.15) is 5.56 Å². The zero-order chi connectivity index (χ0) is 15.8. The Morgan fingerprint density at radius 1 is 1.23 bits per heavy atom. The standard InChI is InChI=1S/C12H14N2O3.C3H6N2/c1-16-12(17-2)10(13-11(15)14-12)8-9-6-4-3-5-7-9;1-2-5-3-4-1/h3-8H,1-2H3,(H2,13,14,15);3H,1-2H2,(H,4,5). The van der Waals surface area contributed by atoms with E-state index in [-0.39, 0.29) is 6.03 Å². The van der Waals surface area contributed by atoms with Crippen molar-refractivity contribution in [3.63, 3.8) is 0 Å². The van der Waals surface area contributed by atoms with Crippen molar-refractivity contribution in [1.29, 1.82) is 0 Å². The highest BCUT2D eigenvalue weighted by atomic mass is 16.7. The van der Waals surface area contributed by atoms with Gasteiger partial charge in [0.05, 0.1) is 12.9 Å². The number of hydrogen-bond acceptors (Lipinski definition) is 5. The maximum Gasteiger partial charge on any atom is 0.323 e. The monoisotopic (exact) mass is 304 g/mol. The Hall–Kier alpha value is -2.38. The summed E-state index contributed by atoms with van der Waals surface area (Å²) in [6, 6.07) is 9.25. The average Bonchev–Trinajstić information content (AvgIpc) is 3.20. The van der Waals surface area contributed by atoms with Gasteiger partial charge in [-0.25, -0.2) is 4.79 Å². The zero-order valence-corrected chi connectivity index (χ0v) is 12.6. The minimum absolute atomic E-state index is 0.351. The topological polar surface area (TPSA) is 84.0 Å². The molecule has 3 rings (SSSR count). The summed E-state index contributed by atoms with van der Waals surface area (Å²) in [5.41, 5.74) is 1.48. The number of rotatable bonds is 3. The third-order valence-corrected chi connectivity index (χ3v) is 3.13. The fraction of sp³-hybridized carbons (Fsp3) is 0.333. The molecule has 2 aliphatic rings. The second kappa shape index (κ2) is 7.58. The molecule has 2 aliphatic heterocycles. The molecule has 22 heavy (non-hydrogen) atoms. The zero-order valence-electron chi connectivity index (χ0n) is 12.6. The van der Waals surface area contributed by atoms with Crippen molar-refractivity contribution >= 4 is 18.4 Å². The van der Waals surface area contributed by atoms with Crippen molar-refractivity contribution in [2.75, 3.05) is 27.3 Å². The van der Waals surface area contributed by atoms with Gasteiger partial charge < -0.3 is 20.1 Å². The number of nitrogens with zero attached hydrogens (tertiary/aromatic N) is 1. The van der Waals surface area contributed by atoms with Crippen molar-refractivity contribution in [2.45, 2.75) is 5.91 Å². The fourth-order valence-electron chi connectivity index (χ4n) is 2.03. The number of aliphatic imine (C=N–C) groups is 1. The Balaban J connectivity index is 0.000000299. The van der Waals surface area contributed by atoms with E-state index in [9.17, 15) is 4.79 Å². The number of nitrogens with one attached hydrogen (secondary N) is 3. The Bertz CT molecular complexity index is 547. The van der Waals surface area contributed by atoms with Crippen LogP contribution in [0, 0.1) is 0 Å². The lowest BCUT2D eigenvalue weighted by Gasteiger charge is -2.25. The minimum atomic E-state index is -1.23. The minimum Gasteiger partial charge on any atom is -0.375 e. The Kier molecular flexibility index (Phi) is 5.51. The first-order valence-corrected chi connectivity index (χ1v) is 6.88. The summed E-state index contributed by atoms with van der Waals surface area (Å²) in [6.45, 7) is 1.99. The number of methoxy groups -OCH3 is 2. The Morgan fingerprint density at radius 3 is 2.45 bits per heavy atom. The van der Waals surface area contributed by atoms with Crippen molar-refractivity contribution in [3.05, 3.63) is 41.6 Å². The third kappa shape index (κ3) is 3.84. The number of amides is 2. The second-order valence-electron chi connectivity index (χ2n) is 4.56. The van der Waals surface area contributed by atoms with Crippen LogP contribution in [0.3, 0.4) is 0 Å². The second-order valence-corrected chi connectivity index (χ2v) is 4.56. The summed E-state index contributed by atoms with van der Waals surface area (Å²) in [7, 11) is 2.94. The third-order valence-electron chi connectivity index (χ3n) is 3.13. The lowest BCUT2D eigenvalue weighted by atomic mass is 10.2. The molecule has 2 heterocycles. The smallest absolute Gasteiger partial charge is 0.323 e. The predicted octanol–water partition coefficient (Wildman–Crippen LogP) is 0.905. The first-order chi connectivity index (χ1) is 10.7. The highest BCUT2D eigenvalue weighted by molar-refractivity contribution is 5.83. The van der Waals surface area contributed by atoms with Gasteiger partial charge in [-0.05, 0) is 11.6 Å². The molecule has 0 aromatic heterocycles. The van der Waals surface area contributed by atoms with Gasteiger partial charge >= 0.3 is 6.03 Å². The highest BCUT2D eigenvalue weighted by Crippen LogP contribution is 2.23. The molecule has 118 valence electrons. The van der Waals surface area contributed by atoms with Gasteiger partial charge in [-0.2, -0.15) is 0 Å². The van der Waals surface area contributed by atoms with E-state index < -0.39 is 5.91 Å². The maximum atomic E-state index is 11.4. The molecule has 0 radical (unpaired) electrons. The molecule has 0 atom stereocenters. The summed E-state index contributed by atoms with van der Waals surface area (Å²) in [4.78, 5) is 15.2. The van der Waals surface area contributed by atoms with Crippen LogP contribution in [-0.2, 0) is 9.47 Å². The van der Waals surface area contributed by atoms with E-state index in [1.807, 2.05) is 30.3 Å². The molecule has 7 heteroatoms. The number of ether oxygens (including phenoxy) is 2. The van der Waals surface area contributed by atoms with E-state index in [4.69, 9.17) is 9.47 Å². The number of carbonyl (C=O) groups is 1. The van der Waals surface area contributed by atoms with Gasteiger partial charge in [-0.15, -0.1) is 0 Å². The maximum absolute atomic E-state index is 11.4. The average molecular weight is 304 g/mol. The molecule has 0 unspecified atom stereocenters. The fourth-order valence-corrected chi connectivity index (χ4v) is 2.03. The van der Waals surface area contributed by atoms with Gasteiger partial charge in [0, 0.05) is 20.8 Å². The summed E-state index contributed by atoms with van der Waals surface area (Å²) in [5.74, 6) is -1.23. The Morgan fingerprint density at radius 2 is 1.95 bits per heavy atom. The highest BCUT2D eigenvalue weighted by Gasteiger charge is 2.43. The van der Waals surface area contributed by atoms with E-state index in [1.54, 1.807) is 12.4 Å². The number of hydrogen-bond donors (Lipinski definition) is 3.